The fourth-order valence-electron chi connectivity index (χ4n) is 3.39. The normalized spacial score (nSPS) is 10.6. The molecule has 37 heavy (non-hydrogen) atoms. The Hall–Kier alpha value is -4.56. The molecule has 0 radical (unpaired) electrons. The molecular weight excluding hydrogens is 505 g/mol. The van der Waals surface area contributed by atoms with E-state index in [1.165, 1.54) is 31.0 Å². The van der Waals surface area contributed by atoms with Gasteiger partial charge >= 0.3 is 0 Å². The Balaban J connectivity index is 1.48. The minimum atomic E-state index is -1.31. The second kappa shape index (κ2) is 11.0. The summed E-state index contributed by atoms with van der Waals surface area (Å²) in [6, 6.07) is 16.0. The van der Waals surface area contributed by atoms with Crippen molar-refractivity contribution in [3.63, 3.8) is 0 Å². The number of nitrogens with one attached hydrogen (secondary N) is 2. The lowest BCUT2D eigenvalue weighted by Gasteiger charge is -2.09. The number of aromatic nitrogens is 2. The van der Waals surface area contributed by atoms with Crippen LogP contribution in [0.1, 0.15) is 21.5 Å². The van der Waals surface area contributed by atoms with Gasteiger partial charge in [-0.25, -0.2) is 18.2 Å². The number of methoxy groups -OCH3 is 1. The number of hydrogen-bond donors (Lipinski definition) is 2. The Morgan fingerprint density at radius 2 is 1.81 bits per heavy atom. The molecule has 0 spiro atoms. The molecule has 2 N–H and O–H groups in total. The molecule has 186 valence electrons. The number of amides is 1. The lowest BCUT2D eigenvalue weighted by molar-refractivity contribution is 0.101. The molecule has 7 nitrogen and oxygen atoms in total. The van der Waals surface area contributed by atoms with Crippen molar-refractivity contribution < 1.29 is 22.7 Å². The van der Waals surface area contributed by atoms with Crippen LogP contribution in [0.15, 0.2) is 70.6 Å². The summed E-state index contributed by atoms with van der Waals surface area (Å²) in [5.41, 5.74) is 0.264. The van der Waals surface area contributed by atoms with Gasteiger partial charge in [-0.2, -0.15) is 5.26 Å². The predicted molar refractivity (Wildman–Crippen MR) is 132 cm³/mol. The standard InChI is InChI=1S/C26H17F3N4O3S/c1-36-18-4-2-3-15(9-18)23-19(12-30)24(34)33-26(32-23)37-13-14-5-7-17(8-6-14)31-25(35)22-20(28)10-16(27)11-21(22)29/h2-11H,13H2,1H3,(H,31,35)(H,32,33,34). The van der Waals surface area contributed by atoms with Gasteiger partial charge < -0.3 is 15.0 Å². The molecule has 3 aromatic carbocycles. The zero-order valence-corrected chi connectivity index (χ0v) is 20.0. The Labute approximate surface area is 213 Å². The number of thioether (sulfide) groups is 1. The number of ether oxygens (including phenoxy) is 1. The van der Waals surface area contributed by atoms with Crippen molar-refractivity contribution in [2.45, 2.75) is 10.9 Å². The summed E-state index contributed by atoms with van der Waals surface area (Å²) in [7, 11) is 1.51. The second-order valence-corrected chi connectivity index (χ2v) is 8.59. The van der Waals surface area contributed by atoms with Crippen molar-refractivity contribution in [1.82, 2.24) is 9.97 Å². The summed E-state index contributed by atoms with van der Waals surface area (Å²) < 4.78 is 46.0. The molecular formula is C26H17F3N4O3S. The highest BCUT2D eigenvalue weighted by molar-refractivity contribution is 7.98. The topological polar surface area (TPSA) is 108 Å². The zero-order valence-electron chi connectivity index (χ0n) is 19.1. The number of H-pyrrole nitrogens is 1. The quantitative estimate of drug-likeness (QED) is 0.253. The predicted octanol–water partition coefficient (Wildman–Crippen LogP) is 5.28. The Morgan fingerprint density at radius 1 is 1.11 bits per heavy atom. The van der Waals surface area contributed by atoms with Crippen molar-refractivity contribution in [2.24, 2.45) is 0 Å². The third-order valence-corrected chi connectivity index (χ3v) is 6.12. The van der Waals surface area contributed by atoms with Gasteiger partial charge in [-0.05, 0) is 29.8 Å². The van der Waals surface area contributed by atoms with Gasteiger partial charge in [0.15, 0.2) is 5.16 Å². The summed E-state index contributed by atoms with van der Waals surface area (Å²) in [5, 5.41) is 12.1. The summed E-state index contributed by atoms with van der Waals surface area (Å²) in [4.78, 5) is 31.8. The first-order valence-corrected chi connectivity index (χ1v) is 11.6. The van der Waals surface area contributed by atoms with Crippen LogP contribution in [0.3, 0.4) is 0 Å². The molecule has 1 heterocycles. The minimum absolute atomic E-state index is 0.119. The Kier molecular flexibility index (Phi) is 7.60. The molecule has 0 aliphatic heterocycles. The molecule has 4 aromatic rings. The second-order valence-electron chi connectivity index (χ2n) is 7.62. The first kappa shape index (κ1) is 25.5. The Morgan fingerprint density at radius 3 is 2.46 bits per heavy atom. The minimum Gasteiger partial charge on any atom is -0.497 e. The van der Waals surface area contributed by atoms with E-state index in [2.05, 4.69) is 15.3 Å². The van der Waals surface area contributed by atoms with Gasteiger partial charge in [0.2, 0.25) is 0 Å². The van der Waals surface area contributed by atoms with E-state index in [4.69, 9.17) is 4.74 Å². The number of aromatic amines is 1. The maximum absolute atomic E-state index is 13.8. The molecule has 0 aliphatic rings. The molecule has 11 heteroatoms. The molecule has 0 saturated carbocycles. The van der Waals surface area contributed by atoms with E-state index in [9.17, 15) is 28.0 Å². The molecule has 0 unspecified atom stereocenters. The molecule has 1 amide bonds. The number of carbonyl (C=O) groups is 1. The summed E-state index contributed by atoms with van der Waals surface area (Å²) in [5.74, 6) is -3.86. The van der Waals surface area contributed by atoms with Crippen LogP contribution in [0.25, 0.3) is 11.3 Å². The molecule has 0 aliphatic carbocycles. The van der Waals surface area contributed by atoms with Crippen molar-refractivity contribution in [3.8, 4) is 23.1 Å². The monoisotopic (exact) mass is 522 g/mol. The molecule has 0 bridgehead atoms. The van der Waals surface area contributed by atoms with Gasteiger partial charge in [0.05, 0.1) is 12.8 Å². The van der Waals surface area contributed by atoms with Crippen molar-refractivity contribution >= 4 is 23.4 Å². The summed E-state index contributed by atoms with van der Waals surface area (Å²) in [6.45, 7) is 0. The van der Waals surface area contributed by atoms with E-state index >= 15 is 0 Å². The van der Waals surface area contributed by atoms with E-state index in [1.54, 1.807) is 36.4 Å². The van der Waals surface area contributed by atoms with E-state index < -0.39 is 34.5 Å². The molecule has 0 saturated heterocycles. The lowest BCUT2D eigenvalue weighted by atomic mass is 10.1. The third-order valence-electron chi connectivity index (χ3n) is 5.17. The summed E-state index contributed by atoms with van der Waals surface area (Å²) in [6.07, 6.45) is 0. The number of halogens is 3. The number of rotatable bonds is 7. The van der Waals surface area contributed by atoms with E-state index in [1.807, 2.05) is 6.07 Å². The molecule has 0 fully saturated rings. The van der Waals surface area contributed by atoms with E-state index in [-0.39, 0.29) is 16.9 Å². The van der Waals surface area contributed by atoms with Crippen LogP contribution in [-0.4, -0.2) is 23.0 Å². The van der Waals surface area contributed by atoms with Gasteiger partial charge in [0, 0.05) is 29.1 Å². The van der Waals surface area contributed by atoms with Crippen LogP contribution in [0.5, 0.6) is 5.75 Å². The largest absolute Gasteiger partial charge is 0.497 e. The van der Waals surface area contributed by atoms with E-state index in [0.29, 0.717) is 34.4 Å². The van der Waals surface area contributed by atoms with Crippen molar-refractivity contribution in [1.29, 1.82) is 5.26 Å². The maximum Gasteiger partial charge on any atom is 0.270 e. The number of benzene rings is 3. The molecule has 0 atom stereocenters. The highest BCUT2D eigenvalue weighted by Gasteiger charge is 2.19. The van der Waals surface area contributed by atoms with Crippen molar-refractivity contribution in [2.75, 3.05) is 12.4 Å². The number of carbonyl (C=O) groups excluding carboxylic acids is 1. The highest BCUT2D eigenvalue weighted by Crippen LogP contribution is 2.27. The van der Waals surface area contributed by atoms with Gasteiger partial charge in [-0.15, -0.1) is 0 Å². The van der Waals surface area contributed by atoms with Gasteiger partial charge in [-0.3, -0.25) is 9.59 Å². The van der Waals surface area contributed by atoms with Crippen LogP contribution in [0, 0.1) is 28.8 Å². The molecule has 4 rings (SSSR count). The average Bonchev–Trinajstić information content (AvgIpc) is 2.87. The lowest BCUT2D eigenvalue weighted by Crippen LogP contribution is -2.16. The van der Waals surface area contributed by atoms with E-state index in [0.717, 1.165) is 5.56 Å². The molecule has 1 aromatic heterocycles. The first-order valence-electron chi connectivity index (χ1n) is 10.7. The summed E-state index contributed by atoms with van der Waals surface area (Å²) >= 11 is 1.22. The smallest absolute Gasteiger partial charge is 0.270 e. The van der Waals surface area contributed by atoms with Gasteiger partial charge in [-0.1, -0.05) is 36.0 Å². The SMILES string of the molecule is COc1cccc(-c2nc(SCc3ccc(NC(=O)c4c(F)cc(F)cc4F)cc3)[nH]c(=O)c2C#N)c1. The van der Waals surface area contributed by atoms with Crippen LogP contribution in [0.4, 0.5) is 18.9 Å². The van der Waals surface area contributed by atoms with Gasteiger partial charge in [0.1, 0.15) is 40.4 Å². The number of anilines is 1. The average molecular weight is 523 g/mol. The number of nitriles is 1. The zero-order chi connectivity index (χ0) is 26.5. The van der Waals surface area contributed by atoms with Gasteiger partial charge in [0.25, 0.3) is 11.5 Å². The highest BCUT2D eigenvalue weighted by atomic mass is 32.2. The van der Waals surface area contributed by atoms with Crippen LogP contribution >= 0.6 is 11.8 Å². The Bertz CT molecular complexity index is 1560. The first-order chi connectivity index (χ1) is 17.8. The fraction of sp³-hybridized carbons (Fsp3) is 0.0769. The fourth-order valence-corrected chi connectivity index (χ4v) is 4.21. The number of nitrogens with zero attached hydrogens (tertiary/aromatic N) is 2. The number of hydrogen-bond acceptors (Lipinski definition) is 6. The van der Waals surface area contributed by atoms with Crippen LogP contribution < -0.4 is 15.6 Å². The van der Waals surface area contributed by atoms with Crippen LogP contribution in [0.2, 0.25) is 0 Å². The third kappa shape index (κ3) is 5.82. The van der Waals surface area contributed by atoms with Crippen LogP contribution in [-0.2, 0) is 5.75 Å². The van der Waals surface area contributed by atoms with Crippen molar-refractivity contribution in [3.05, 3.63) is 105 Å². The maximum atomic E-state index is 13.8.